The smallest absolute Gasteiger partial charge is 0.410 e. The topological polar surface area (TPSA) is 84.7 Å². The van der Waals surface area contributed by atoms with E-state index < -0.39 is 0 Å². The first-order valence-electron chi connectivity index (χ1n) is 11.2. The molecule has 2 aliphatic carbocycles. The Bertz CT molecular complexity index is 773. The van der Waals surface area contributed by atoms with Crippen molar-refractivity contribution < 1.29 is 19.0 Å². The molecular formula is C23H31N3O4. The predicted octanol–water partition coefficient (Wildman–Crippen LogP) is 4.20. The monoisotopic (exact) mass is 413 g/mol. The van der Waals surface area contributed by atoms with Gasteiger partial charge in [0.05, 0.1) is 18.3 Å². The number of carbonyl (C=O) groups excluding carboxylic acids is 1. The Labute approximate surface area is 178 Å². The molecule has 0 atom stereocenters. The van der Waals surface area contributed by atoms with Crippen LogP contribution in [-0.2, 0) is 9.47 Å². The number of hydrogen-bond donors (Lipinski definition) is 0. The summed E-state index contributed by atoms with van der Waals surface area (Å²) in [5.74, 6) is 0.617. The molecule has 0 aromatic carbocycles. The molecule has 1 aliphatic heterocycles. The van der Waals surface area contributed by atoms with Gasteiger partial charge in [0.2, 0.25) is 0 Å². The molecule has 162 valence electrons. The van der Waals surface area contributed by atoms with Gasteiger partial charge in [-0.05, 0) is 70.8 Å². The first kappa shape index (κ1) is 20.9. The van der Waals surface area contributed by atoms with Gasteiger partial charge < -0.3 is 19.1 Å². The van der Waals surface area contributed by atoms with Crippen LogP contribution < -0.4 is 4.74 Å². The van der Waals surface area contributed by atoms with Crippen molar-refractivity contribution in [2.24, 2.45) is 0 Å². The van der Waals surface area contributed by atoms with E-state index in [-0.39, 0.29) is 30.0 Å². The van der Waals surface area contributed by atoms with Crippen LogP contribution >= 0.6 is 0 Å². The molecule has 3 aliphatic rings. The number of rotatable bonds is 5. The number of likely N-dealkylation sites (tertiary alicyclic amines) is 1. The maximum atomic E-state index is 12.4. The van der Waals surface area contributed by atoms with Crippen LogP contribution in [-0.4, -0.2) is 53.0 Å². The number of nitrogens with zero attached hydrogens (tertiary/aromatic N) is 3. The Hall–Kier alpha value is -2.33. The molecule has 0 spiro atoms. The van der Waals surface area contributed by atoms with Crippen LogP contribution in [0.1, 0.15) is 70.3 Å². The van der Waals surface area contributed by atoms with E-state index in [0.717, 1.165) is 57.8 Å². The molecule has 0 radical (unpaired) electrons. The van der Waals surface area contributed by atoms with Crippen molar-refractivity contribution in [2.75, 3.05) is 13.1 Å². The second-order valence-electron chi connectivity index (χ2n) is 8.99. The van der Waals surface area contributed by atoms with Gasteiger partial charge in [0.25, 0.3) is 0 Å². The number of nitriles is 1. The van der Waals surface area contributed by atoms with Gasteiger partial charge in [0.15, 0.2) is 0 Å². The number of ether oxygens (including phenoxy) is 3. The van der Waals surface area contributed by atoms with Crippen LogP contribution in [0.2, 0.25) is 0 Å². The van der Waals surface area contributed by atoms with E-state index in [9.17, 15) is 10.1 Å². The largest absolute Gasteiger partial charge is 0.489 e. The van der Waals surface area contributed by atoms with Gasteiger partial charge in [0, 0.05) is 25.5 Å². The summed E-state index contributed by atoms with van der Waals surface area (Å²) >= 11 is 0. The van der Waals surface area contributed by atoms with Crippen molar-refractivity contribution in [1.29, 1.82) is 5.26 Å². The van der Waals surface area contributed by atoms with Crippen molar-refractivity contribution in [3.05, 3.63) is 24.0 Å². The maximum Gasteiger partial charge on any atom is 0.410 e. The van der Waals surface area contributed by atoms with Gasteiger partial charge in [-0.25, -0.2) is 4.79 Å². The summed E-state index contributed by atoms with van der Waals surface area (Å²) in [6, 6.07) is 3.88. The van der Waals surface area contributed by atoms with E-state index >= 15 is 0 Å². The average molecular weight is 414 g/mol. The molecule has 0 N–H and O–H groups in total. The fourth-order valence-corrected chi connectivity index (χ4v) is 4.53. The molecular weight excluding hydrogens is 382 g/mol. The zero-order valence-corrected chi connectivity index (χ0v) is 17.7. The van der Waals surface area contributed by atoms with Crippen LogP contribution in [0.25, 0.3) is 0 Å². The quantitative estimate of drug-likeness (QED) is 0.719. The predicted molar refractivity (Wildman–Crippen MR) is 110 cm³/mol. The summed E-state index contributed by atoms with van der Waals surface area (Å²) in [5.41, 5.74) is 0.238. The third kappa shape index (κ3) is 5.04. The molecule has 0 bridgehead atoms. The summed E-state index contributed by atoms with van der Waals surface area (Å²) in [6.07, 6.45) is 12.2. The Morgan fingerprint density at radius 3 is 2.43 bits per heavy atom. The molecule has 1 saturated heterocycles. The Morgan fingerprint density at radius 2 is 1.80 bits per heavy atom. The summed E-state index contributed by atoms with van der Waals surface area (Å²) in [4.78, 5) is 18.2. The van der Waals surface area contributed by atoms with Crippen molar-refractivity contribution in [2.45, 2.75) is 88.6 Å². The Kier molecular flexibility index (Phi) is 6.43. The summed E-state index contributed by atoms with van der Waals surface area (Å²) in [5, 5.41) is 9.17. The lowest BCUT2D eigenvalue weighted by Gasteiger charge is -2.40. The first-order chi connectivity index (χ1) is 14.5. The number of hydrogen-bond acceptors (Lipinski definition) is 6. The van der Waals surface area contributed by atoms with Gasteiger partial charge in [-0.15, -0.1) is 0 Å². The summed E-state index contributed by atoms with van der Waals surface area (Å²) < 4.78 is 18.1. The molecule has 3 fully saturated rings. The Morgan fingerprint density at radius 1 is 1.13 bits per heavy atom. The molecule has 7 nitrogen and oxygen atoms in total. The van der Waals surface area contributed by atoms with Crippen molar-refractivity contribution in [3.63, 3.8) is 0 Å². The first-order valence-corrected chi connectivity index (χ1v) is 11.2. The van der Waals surface area contributed by atoms with Crippen LogP contribution in [0.15, 0.2) is 18.5 Å². The molecule has 1 amide bonds. The highest BCUT2D eigenvalue weighted by Gasteiger charge is 2.38. The van der Waals surface area contributed by atoms with Crippen LogP contribution in [0, 0.1) is 11.3 Å². The highest BCUT2D eigenvalue weighted by Crippen LogP contribution is 2.36. The van der Waals surface area contributed by atoms with Crippen molar-refractivity contribution in [3.8, 4) is 11.8 Å². The molecule has 0 unspecified atom stereocenters. The lowest BCUT2D eigenvalue weighted by Crippen LogP contribution is -2.47. The van der Waals surface area contributed by atoms with E-state index in [4.69, 9.17) is 14.2 Å². The molecule has 4 rings (SSSR count). The second-order valence-corrected chi connectivity index (χ2v) is 8.99. The molecule has 2 saturated carbocycles. The van der Waals surface area contributed by atoms with Crippen LogP contribution in [0.3, 0.4) is 0 Å². The van der Waals surface area contributed by atoms with Gasteiger partial charge in [-0.1, -0.05) is 0 Å². The minimum atomic E-state index is -0.241. The molecule has 2 heterocycles. The third-order valence-electron chi connectivity index (χ3n) is 6.65. The molecule has 7 heteroatoms. The van der Waals surface area contributed by atoms with Gasteiger partial charge in [-0.3, -0.25) is 4.98 Å². The standard InChI is InChI=1S/C23H31N3O4/c1-23(10-2-11-23)30-22(27)26-13-8-20(9-14-26)28-18-3-5-19(6-4-18)29-21-7-12-25-16-17(21)15-24/h7,12,16,18-20H,2-6,8-11,13-14H2,1H3/t18-,19-. The SMILES string of the molecule is CC1(OC(=O)N2CCC(O[C@H]3CC[C@H](Oc4ccncc4C#N)CC3)CC2)CCC1. The van der Waals surface area contributed by atoms with Gasteiger partial charge in [0.1, 0.15) is 23.0 Å². The van der Waals surface area contributed by atoms with Crippen LogP contribution in [0.4, 0.5) is 4.79 Å². The number of amides is 1. The van der Waals surface area contributed by atoms with E-state index in [1.165, 1.54) is 0 Å². The van der Waals surface area contributed by atoms with E-state index in [1.54, 1.807) is 18.5 Å². The number of piperidine rings is 1. The minimum Gasteiger partial charge on any atom is -0.489 e. The maximum absolute atomic E-state index is 12.4. The van der Waals surface area contributed by atoms with Gasteiger partial charge >= 0.3 is 6.09 Å². The second kappa shape index (κ2) is 9.22. The number of carbonyl (C=O) groups is 1. The molecule has 30 heavy (non-hydrogen) atoms. The fraction of sp³-hybridized carbons (Fsp3) is 0.696. The normalized spacial score (nSPS) is 26.3. The highest BCUT2D eigenvalue weighted by molar-refractivity contribution is 5.68. The van der Waals surface area contributed by atoms with E-state index in [1.807, 2.05) is 11.8 Å². The zero-order valence-electron chi connectivity index (χ0n) is 17.7. The van der Waals surface area contributed by atoms with E-state index in [2.05, 4.69) is 11.1 Å². The molecule has 1 aromatic heterocycles. The Balaban J connectivity index is 1.16. The highest BCUT2D eigenvalue weighted by atomic mass is 16.6. The van der Waals surface area contributed by atoms with Crippen LogP contribution in [0.5, 0.6) is 5.75 Å². The zero-order chi connectivity index (χ0) is 21.0. The minimum absolute atomic E-state index is 0.115. The average Bonchev–Trinajstić information content (AvgIpc) is 2.75. The van der Waals surface area contributed by atoms with Crippen molar-refractivity contribution >= 4 is 6.09 Å². The van der Waals surface area contributed by atoms with Crippen molar-refractivity contribution in [1.82, 2.24) is 9.88 Å². The molecule has 1 aromatic rings. The lowest BCUT2D eigenvalue weighted by atomic mass is 9.82. The fourth-order valence-electron chi connectivity index (χ4n) is 4.53. The number of pyridine rings is 1. The number of aromatic nitrogens is 1. The third-order valence-corrected chi connectivity index (χ3v) is 6.65. The van der Waals surface area contributed by atoms with Gasteiger partial charge in [-0.2, -0.15) is 5.26 Å². The lowest BCUT2D eigenvalue weighted by molar-refractivity contribution is -0.0766. The summed E-state index contributed by atoms with van der Waals surface area (Å²) in [7, 11) is 0. The van der Waals surface area contributed by atoms with E-state index in [0.29, 0.717) is 24.4 Å². The summed E-state index contributed by atoms with van der Waals surface area (Å²) in [6.45, 7) is 3.44.